The first-order valence-corrected chi connectivity index (χ1v) is 9.18. The number of hydrogen-bond donors (Lipinski definition) is 1. The Morgan fingerprint density at radius 2 is 1.40 bits per heavy atom. The normalized spacial score (nSPS) is 10.4. The molecule has 0 spiro atoms. The van der Waals surface area contributed by atoms with Gasteiger partial charge in [-0.1, -0.05) is 18.2 Å². The highest BCUT2D eigenvalue weighted by atomic mass is 16.5. The van der Waals surface area contributed by atoms with E-state index in [1.807, 2.05) is 30.3 Å². The minimum atomic E-state index is -0.496. The Hall–Kier alpha value is -4.26. The lowest BCUT2D eigenvalue weighted by atomic mass is 10.1. The zero-order valence-electron chi connectivity index (χ0n) is 16.0. The van der Waals surface area contributed by atoms with Crippen molar-refractivity contribution in [1.29, 1.82) is 0 Å². The van der Waals surface area contributed by atoms with E-state index in [2.05, 4.69) is 15.5 Å². The number of nitrogens with zero attached hydrogens (tertiary/aromatic N) is 2. The number of nitrogens with one attached hydrogen (secondary N) is 1. The first kappa shape index (κ1) is 19.1. The summed E-state index contributed by atoms with van der Waals surface area (Å²) in [6.45, 7) is 1.42. The number of carbonyl (C=O) groups excluding carboxylic acids is 2. The van der Waals surface area contributed by atoms with Crippen LogP contribution in [-0.4, -0.2) is 22.1 Å². The molecule has 0 unspecified atom stereocenters. The zero-order valence-corrected chi connectivity index (χ0v) is 16.0. The number of esters is 1. The van der Waals surface area contributed by atoms with Gasteiger partial charge in [0.2, 0.25) is 17.7 Å². The van der Waals surface area contributed by atoms with Crippen molar-refractivity contribution >= 4 is 17.6 Å². The van der Waals surface area contributed by atoms with Crippen LogP contribution in [-0.2, 0) is 4.79 Å². The van der Waals surface area contributed by atoms with Gasteiger partial charge in [-0.2, -0.15) is 0 Å². The first-order chi connectivity index (χ1) is 14.6. The van der Waals surface area contributed by atoms with Crippen molar-refractivity contribution in [2.24, 2.45) is 0 Å². The second-order valence-electron chi connectivity index (χ2n) is 6.45. The summed E-state index contributed by atoms with van der Waals surface area (Å²) in [7, 11) is 0. The van der Waals surface area contributed by atoms with E-state index in [0.717, 1.165) is 5.56 Å². The molecule has 1 amide bonds. The molecule has 0 aliphatic rings. The third-order valence-electron chi connectivity index (χ3n) is 4.20. The molecule has 30 heavy (non-hydrogen) atoms. The molecular weight excluding hydrogens is 382 g/mol. The molecule has 4 rings (SSSR count). The zero-order chi connectivity index (χ0) is 20.9. The number of amides is 1. The van der Waals surface area contributed by atoms with E-state index in [0.29, 0.717) is 34.3 Å². The van der Waals surface area contributed by atoms with Crippen molar-refractivity contribution in [2.75, 3.05) is 5.32 Å². The third-order valence-corrected chi connectivity index (χ3v) is 4.20. The topological polar surface area (TPSA) is 94.3 Å². The summed E-state index contributed by atoms with van der Waals surface area (Å²) in [6, 6.07) is 22.7. The van der Waals surface area contributed by atoms with E-state index in [-0.39, 0.29) is 5.91 Å². The molecule has 3 aromatic carbocycles. The Morgan fingerprint density at radius 1 is 0.800 bits per heavy atom. The van der Waals surface area contributed by atoms with E-state index in [4.69, 9.17) is 9.15 Å². The van der Waals surface area contributed by atoms with Crippen LogP contribution in [0.2, 0.25) is 0 Å². The average Bonchev–Trinajstić information content (AvgIpc) is 3.26. The largest absolute Gasteiger partial charge is 0.423 e. The summed E-state index contributed by atoms with van der Waals surface area (Å²) >= 11 is 0. The standard InChI is InChI=1S/C23H17N3O4/c1-15(27)24-19-11-13-20(14-12-19)29-23(28)18-9-7-17(8-10-18)22-26-25-21(30-22)16-5-3-2-4-6-16/h2-14H,1H3,(H,24,27). The fourth-order valence-electron chi connectivity index (χ4n) is 2.76. The van der Waals surface area contributed by atoms with Gasteiger partial charge < -0.3 is 14.5 Å². The molecule has 0 bridgehead atoms. The van der Waals surface area contributed by atoms with Gasteiger partial charge in [0.05, 0.1) is 5.56 Å². The molecule has 0 aliphatic carbocycles. The van der Waals surface area contributed by atoms with Crippen LogP contribution in [0.25, 0.3) is 22.9 Å². The summed E-state index contributed by atoms with van der Waals surface area (Å²) in [5.74, 6) is 0.503. The molecule has 0 saturated carbocycles. The molecule has 0 aliphatic heterocycles. The van der Waals surface area contributed by atoms with Crippen molar-refractivity contribution < 1.29 is 18.7 Å². The molecule has 4 aromatic rings. The molecule has 1 heterocycles. The maximum absolute atomic E-state index is 12.4. The van der Waals surface area contributed by atoms with Crippen LogP contribution in [0, 0.1) is 0 Å². The Labute approximate surface area is 172 Å². The Kier molecular flexibility index (Phi) is 5.34. The summed E-state index contributed by atoms with van der Waals surface area (Å²) in [5.41, 5.74) is 2.54. The number of anilines is 1. The molecule has 0 radical (unpaired) electrons. The Balaban J connectivity index is 1.44. The Morgan fingerprint density at radius 3 is 2.00 bits per heavy atom. The van der Waals surface area contributed by atoms with Gasteiger partial charge in [-0.3, -0.25) is 4.79 Å². The van der Waals surface area contributed by atoms with Gasteiger partial charge in [-0.15, -0.1) is 10.2 Å². The minimum absolute atomic E-state index is 0.169. The highest BCUT2D eigenvalue weighted by Crippen LogP contribution is 2.24. The maximum Gasteiger partial charge on any atom is 0.343 e. The van der Waals surface area contributed by atoms with E-state index in [9.17, 15) is 9.59 Å². The average molecular weight is 399 g/mol. The Bertz CT molecular complexity index is 1170. The van der Waals surface area contributed by atoms with Gasteiger partial charge in [-0.25, -0.2) is 4.79 Å². The van der Waals surface area contributed by atoms with Gasteiger partial charge in [0.15, 0.2) is 0 Å². The van der Waals surface area contributed by atoms with E-state index < -0.39 is 5.97 Å². The van der Waals surface area contributed by atoms with Crippen molar-refractivity contribution in [3.63, 3.8) is 0 Å². The van der Waals surface area contributed by atoms with E-state index in [1.54, 1.807) is 48.5 Å². The fraction of sp³-hybridized carbons (Fsp3) is 0.0435. The van der Waals surface area contributed by atoms with Crippen molar-refractivity contribution in [1.82, 2.24) is 10.2 Å². The van der Waals surface area contributed by atoms with Crippen LogP contribution >= 0.6 is 0 Å². The molecule has 1 aromatic heterocycles. The maximum atomic E-state index is 12.4. The predicted octanol–water partition coefficient (Wildman–Crippen LogP) is 4.58. The second-order valence-corrected chi connectivity index (χ2v) is 6.45. The first-order valence-electron chi connectivity index (χ1n) is 9.18. The van der Waals surface area contributed by atoms with E-state index in [1.165, 1.54) is 6.92 Å². The molecule has 1 N–H and O–H groups in total. The molecule has 0 atom stereocenters. The number of carbonyl (C=O) groups is 2. The van der Waals surface area contributed by atoms with Crippen LogP contribution in [0.15, 0.2) is 83.3 Å². The van der Waals surface area contributed by atoms with Gasteiger partial charge >= 0.3 is 5.97 Å². The van der Waals surface area contributed by atoms with Crippen LogP contribution < -0.4 is 10.1 Å². The molecular formula is C23H17N3O4. The van der Waals surface area contributed by atoms with Crippen molar-refractivity contribution in [2.45, 2.75) is 6.92 Å². The summed E-state index contributed by atoms with van der Waals surface area (Å²) < 4.78 is 11.1. The lowest BCUT2D eigenvalue weighted by Crippen LogP contribution is -2.09. The number of rotatable bonds is 5. The molecule has 148 valence electrons. The van der Waals surface area contributed by atoms with Crippen molar-refractivity contribution in [3.8, 4) is 28.7 Å². The number of benzene rings is 3. The molecule has 0 saturated heterocycles. The van der Waals surface area contributed by atoms with Crippen LogP contribution in [0.5, 0.6) is 5.75 Å². The lowest BCUT2D eigenvalue weighted by molar-refractivity contribution is -0.114. The van der Waals surface area contributed by atoms with E-state index >= 15 is 0 Å². The van der Waals surface area contributed by atoms with Gasteiger partial charge in [0.1, 0.15) is 5.75 Å². The predicted molar refractivity (Wildman–Crippen MR) is 111 cm³/mol. The SMILES string of the molecule is CC(=O)Nc1ccc(OC(=O)c2ccc(-c3nnc(-c4ccccc4)o3)cc2)cc1. The monoisotopic (exact) mass is 399 g/mol. The molecule has 7 heteroatoms. The summed E-state index contributed by atoms with van der Waals surface area (Å²) in [4.78, 5) is 23.4. The highest BCUT2D eigenvalue weighted by Gasteiger charge is 2.13. The number of hydrogen-bond acceptors (Lipinski definition) is 6. The number of aromatic nitrogens is 2. The van der Waals surface area contributed by atoms with Crippen LogP contribution in [0.4, 0.5) is 5.69 Å². The summed E-state index contributed by atoms with van der Waals surface area (Å²) in [6.07, 6.45) is 0. The lowest BCUT2D eigenvalue weighted by Gasteiger charge is -2.06. The third kappa shape index (κ3) is 4.41. The quantitative estimate of drug-likeness (QED) is 0.390. The smallest absolute Gasteiger partial charge is 0.343 e. The van der Waals surface area contributed by atoms with Gasteiger partial charge in [0.25, 0.3) is 0 Å². The second kappa shape index (κ2) is 8.40. The van der Waals surface area contributed by atoms with Crippen LogP contribution in [0.3, 0.4) is 0 Å². The highest BCUT2D eigenvalue weighted by molar-refractivity contribution is 5.92. The minimum Gasteiger partial charge on any atom is -0.423 e. The molecule has 0 fully saturated rings. The van der Waals surface area contributed by atoms with Gasteiger partial charge in [0, 0.05) is 23.7 Å². The fourth-order valence-corrected chi connectivity index (χ4v) is 2.76. The summed E-state index contributed by atoms with van der Waals surface area (Å²) in [5, 5.41) is 10.8. The van der Waals surface area contributed by atoms with Crippen LogP contribution in [0.1, 0.15) is 17.3 Å². The van der Waals surface area contributed by atoms with Gasteiger partial charge in [-0.05, 0) is 60.7 Å². The number of ether oxygens (including phenoxy) is 1. The molecule has 7 nitrogen and oxygen atoms in total. The van der Waals surface area contributed by atoms with Crippen molar-refractivity contribution in [3.05, 3.63) is 84.4 Å².